The van der Waals surface area contributed by atoms with Gasteiger partial charge in [0.05, 0.1) is 6.26 Å². The zero-order valence-corrected chi connectivity index (χ0v) is 11.4. The van der Waals surface area contributed by atoms with Crippen molar-refractivity contribution in [2.24, 2.45) is 5.73 Å². The molecule has 100 valence electrons. The Bertz CT molecular complexity index is 558. The number of aryl methyl sites for hydroxylation is 2. The summed E-state index contributed by atoms with van der Waals surface area (Å²) >= 11 is 0. The Morgan fingerprint density at radius 2 is 2.16 bits per heavy atom. The highest BCUT2D eigenvalue weighted by molar-refractivity contribution is 5.33. The second-order valence-electron chi connectivity index (χ2n) is 5.56. The lowest BCUT2D eigenvalue weighted by molar-refractivity contribution is 0.467. The van der Waals surface area contributed by atoms with Crippen molar-refractivity contribution in [2.45, 2.75) is 44.6 Å². The second kappa shape index (κ2) is 5.22. The highest BCUT2D eigenvalue weighted by Crippen LogP contribution is 2.37. The van der Waals surface area contributed by atoms with E-state index in [2.05, 4.69) is 24.3 Å². The highest BCUT2D eigenvalue weighted by Gasteiger charge is 2.23. The molecular formula is C17H21NO. The molecule has 0 radical (unpaired) electrons. The van der Waals surface area contributed by atoms with Gasteiger partial charge in [-0.3, -0.25) is 0 Å². The molecule has 0 fully saturated rings. The van der Waals surface area contributed by atoms with Crippen LogP contribution < -0.4 is 5.73 Å². The van der Waals surface area contributed by atoms with Crippen LogP contribution in [-0.2, 0) is 6.42 Å². The predicted molar refractivity (Wildman–Crippen MR) is 77.1 cm³/mol. The van der Waals surface area contributed by atoms with Gasteiger partial charge in [0, 0.05) is 11.6 Å². The maximum absolute atomic E-state index is 6.37. The van der Waals surface area contributed by atoms with E-state index in [1.165, 1.54) is 30.4 Å². The lowest BCUT2D eigenvalue weighted by Gasteiger charge is -2.27. The summed E-state index contributed by atoms with van der Waals surface area (Å²) in [6.07, 6.45) is 6.49. The Kier molecular flexibility index (Phi) is 3.43. The fourth-order valence-electron chi connectivity index (χ4n) is 3.31. The Balaban J connectivity index is 1.80. The minimum Gasteiger partial charge on any atom is -0.469 e. The summed E-state index contributed by atoms with van der Waals surface area (Å²) in [5, 5.41) is 0. The smallest absolute Gasteiger partial charge is 0.105 e. The molecule has 1 aromatic heterocycles. The van der Waals surface area contributed by atoms with Crippen LogP contribution in [-0.4, -0.2) is 0 Å². The third-order valence-corrected chi connectivity index (χ3v) is 4.33. The first-order chi connectivity index (χ1) is 9.25. The van der Waals surface area contributed by atoms with Gasteiger partial charge in [-0.25, -0.2) is 0 Å². The minimum absolute atomic E-state index is 0.0786. The SMILES string of the molecule is Cc1occc1C(N)CC1CCCc2ccccc21. The molecule has 0 bridgehead atoms. The summed E-state index contributed by atoms with van der Waals surface area (Å²) in [6, 6.07) is 10.9. The Hall–Kier alpha value is -1.54. The van der Waals surface area contributed by atoms with Crippen LogP contribution in [0.4, 0.5) is 0 Å². The highest BCUT2D eigenvalue weighted by atomic mass is 16.3. The van der Waals surface area contributed by atoms with Crippen LogP contribution in [0.1, 0.15) is 53.7 Å². The largest absolute Gasteiger partial charge is 0.469 e. The van der Waals surface area contributed by atoms with Gasteiger partial charge in [-0.2, -0.15) is 0 Å². The minimum atomic E-state index is 0.0786. The van der Waals surface area contributed by atoms with Gasteiger partial charge in [-0.1, -0.05) is 24.3 Å². The van der Waals surface area contributed by atoms with Crippen LogP contribution in [0, 0.1) is 6.92 Å². The fraction of sp³-hybridized carbons (Fsp3) is 0.412. The first-order valence-corrected chi connectivity index (χ1v) is 7.13. The van der Waals surface area contributed by atoms with Crippen molar-refractivity contribution in [1.82, 2.24) is 0 Å². The van der Waals surface area contributed by atoms with E-state index in [4.69, 9.17) is 10.2 Å². The molecule has 2 aromatic rings. The third kappa shape index (κ3) is 2.45. The van der Waals surface area contributed by atoms with Gasteiger partial charge < -0.3 is 10.2 Å². The van der Waals surface area contributed by atoms with E-state index < -0.39 is 0 Å². The van der Waals surface area contributed by atoms with E-state index in [1.807, 2.05) is 13.0 Å². The molecule has 1 aromatic carbocycles. The molecule has 0 aliphatic heterocycles. The molecule has 1 heterocycles. The van der Waals surface area contributed by atoms with Crippen molar-refractivity contribution < 1.29 is 4.42 Å². The van der Waals surface area contributed by atoms with Crippen LogP contribution in [0.3, 0.4) is 0 Å². The topological polar surface area (TPSA) is 39.2 Å². The zero-order valence-electron chi connectivity index (χ0n) is 11.4. The molecule has 2 unspecified atom stereocenters. The molecule has 0 saturated carbocycles. The number of hydrogen-bond donors (Lipinski definition) is 1. The summed E-state index contributed by atoms with van der Waals surface area (Å²) in [5.41, 5.74) is 10.5. The molecule has 0 saturated heterocycles. The molecule has 1 aliphatic rings. The summed E-state index contributed by atoms with van der Waals surface area (Å²) < 4.78 is 5.36. The fourth-order valence-corrected chi connectivity index (χ4v) is 3.31. The monoisotopic (exact) mass is 255 g/mol. The van der Waals surface area contributed by atoms with Crippen molar-refractivity contribution in [3.05, 3.63) is 59.0 Å². The molecule has 2 atom stereocenters. The number of rotatable bonds is 3. The van der Waals surface area contributed by atoms with Crippen LogP contribution in [0.2, 0.25) is 0 Å². The quantitative estimate of drug-likeness (QED) is 0.896. The lowest BCUT2D eigenvalue weighted by Crippen LogP contribution is -2.18. The van der Waals surface area contributed by atoms with E-state index in [1.54, 1.807) is 6.26 Å². The van der Waals surface area contributed by atoms with Gasteiger partial charge in [-0.05, 0) is 55.7 Å². The Labute approximate surface area is 114 Å². The lowest BCUT2D eigenvalue weighted by atomic mass is 9.79. The maximum Gasteiger partial charge on any atom is 0.105 e. The van der Waals surface area contributed by atoms with Crippen molar-refractivity contribution in [2.75, 3.05) is 0 Å². The van der Waals surface area contributed by atoms with Gasteiger partial charge in [0.2, 0.25) is 0 Å². The van der Waals surface area contributed by atoms with E-state index in [0.717, 1.165) is 17.7 Å². The number of benzene rings is 1. The maximum atomic E-state index is 6.37. The van der Waals surface area contributed by atoms with Crippen LogP contribution in [0.5, 0.6) is 0 Å². The van der Waals surface area contributed by atoms with Crippen molar-refractivity contribution in [1.29, 1.82) is 0 Å². The zero-order chi connectivity index (χ0) is 13.2. The number of nitrogens with two attached hydrogens (primary N) is 1. The molecule has 19 heavy (non-hydrogen) atoms. The van der Waals surface area contributed by atoms with Crippen LogP contribution >= 0.6 is 0 Å². The average Bonchev–Trinajstić information content (AvgIpc) is 2.85. The van der Waals surface area contributed by atoms with Gasteiger partial charge in [0.15, 0.2) is 0 Å². The molecule has 0 spiro atoms. The molecule has 0 amide bonds. The van der Waals surface area contributed by atoms with Gasteiger partial charge in [0.25, 0.3) is 0 Å². The Morgan fingerprint density at radius 1 is 1.32 bits per heavy atom. The normalized spacial score (nSPS) is 20.0. The molecule has 3 rings (SSSR count). The average molecular weight is 255 g/mol. The first kappa shape index (κ1) is 12.5. The summed E-state index contributed by atoms with van der Waals surface area (Å²) in [7, 11) is 0. The van der Waals surface area contributed by atoms with Crippen molar-refractivity contribution in [3.63, 3.8) is 0 Å². The number of furan rings is 1. The Morgan fingerprint density at radius 3 is 2.95 bits per heavy atom. The van der Waals surface area contributed by atoms with Crippen molar-refractivity contribution >= 4 is 0 Å². The molecule has 2 nitrogen and oxygen atoms in total. The third-order valence-electron chi connectivity index (χ3n) is 4.33. The molecule has 2 heteroatoms. The molecule has 2 N–H and O–H groups in total. The number of hydrogen-bond acceptors (Lipinski definition) is 2. The number of fused-ring (bicyclic) bond motifs is 1. The van der Waals surface area contributed by atoms with Gasteiger partial charge in [0.1, 0.15) is 5.76 Å². The van der Waals surface area contributed by atoms with Gasteiger partial charge >= 0.3 is 0 Å². The van der Waals surface area contributed by atoms with E-state index in [-0.39, 0.29) is 6.04 Å². The van der Waals surface area contributed by atoms with Crippen molar-refractivity contribution in [3.8, 4) is 0 Å². The first-order valence-electron chi connectivity index (χ1n) is 7.13. The van der Waals surface area contributed by atoms with E-state index in [0.29, 0.717) is 5.92 Å². The van der Waals surface area contributed by atoms with Crippen LogP contribution in [0.15, 0.2) is 41.0 Å². The summed E-state index contributed by atoms with van der Waals surface area (Å²) in [4.78, 5) is 0. The van der Waals surface area contributed by atoms with E-state index in [9.17, 15) is 0 Å². The van der Waals surface area contributed by atoms with Gasteiger partial charge in [-0.15, -0.1) is 0 Å². The summed E-state index contributed by atoms with van der Waals surface area (Å²) in [5.74, 6) is 1.55. The predicted octanol–water partition coefficient (Wildman–Crippen LogP) is 4.10. The molecule has 1 aliphatic carbocycles. The second-order valence-corrected chi connectivity index (χ2v) is 5.56. The van der Waals surface area contributed by atoms with E-state index >= 15 is 0 Å². The van der Waals surface area contributed by atoms with Crippen LogP contribution in [0.25, 0.3) is 0 Å². The standard InChI is InChI=1S/C17H21NO/c1-12-15(9-10-19-12)17(18)11-14-7-4-6-13-5-2-3-8-16(13)14/h2-3,5,8-10,14,17H,4,6-7,11,18H2,1H3. The summed E-state index contributed by atoms with van der Waals surface area (Å²) in [6.45, 7) is 1.99. The molecular weight excluding hydrogens is 234 g/mol.